The van der Waals surface area contributed by atoms with Gasteiger partial charge in [0.2, 0.25) is 0 Å². The van der Waals surface area contributed by atoms with Gasteiger partial charge in [0.1, 0.15) is 15.1 Å². The number of hydrogen-bond acceptors (Lipinski definition) is 3. The average Bonchev–Trinajstić information content (AvgIpc) is 1.96. The van der Waals surface area contributed by atoms with Crippen LogP contribution in [0.2, 0.25) is 0 Å². The predicted molar refractivity (Wildman–Crippen MR) is 49.0 cm³/mol. The van der Waals surface area contributed by atoms with E-state index in [0.29, 0.717) is 15.1 Å². The number of rotatable bonds is 1. The summed E-state index contributed by atoms with van der Waals surface area (Å²) in [6.07, 6.45) is 0. The van der Waals surface area contributed by atoms with Gasteiger partial charge in [0, 0.05) is 6.07 Å². The number of ether oxygens (including phenoxy) is 1. The summed E-state index contributed by atoms with van der Waals surface area (Å²) < 4.78 is 10.2. The Balaban J connectivity index is 3.36. The lowest BCUT2D eigenvalue weighted by atomic mass is 10.4. The maximum Gasteiger partial charge on any atom is 0.353 e. The molecule has 0 spiro atoms. The lowest BCUT2D eigenvalue weighted by Crippen LogP contribution is -2.05. The van der Waals surface area contributed by atoms with Crippen molar-refractivity contribution in [3.63, 3.8) is 0 Å². The molecule has 0 aliphatic carbocycles. The Hall–Kier alpha value is -0.520. The molecule has 1 rings (SSSR count). The molecule has 0 aliphatic rings. The number of hydrogen-bond donors (Lipinski definition) is 0. The first-order valence-electron chi connectivity index (χ1n) is 2.99. The number of halogens is 1. The second kappa shape index (κ2) is 3.25. The van der Waals surface area contributed by atoms with E-state index in [4.69, 9.17) is 9.15 Å². The maximum atomic E-state index is 11.0. The standard InChI is InChI=1S/C7H7IO3/c1-4-3-5(10-2)6(8)7(9)11-4/h3H,1-2H3. The molecular weight excluding hydrogens is 259 g/mol. The van der Waals surface area contributed by atoms with E-state index < -0.39 is 0 Å². The molecule has 60 valence electrons. The van der Waals surface area contributed by atoms with Crippen LogP contribution in [0.5, 0.6) is 5.75 Å². The van der Waals surface area contributed by atoms with Gasteiger partial charge in [-0.2, -0.15) is 0 Å². The molecule has 1 aromatic heterocycles. The minimum Gasteiger partial charge on any atom is -0.495 e. The van der Waals surface area contributed by atoms with E-state index in [9.17, 15) is 4.79 Å². The van der Waals surface area contributed by atoms with Gasteiger partial charge in [-0.1, -0.05) is 0 Å². The monoisotopic (exact) mass is 266 g/mol. The first-order valence-corrected chi connectivity index (χ1v) is 4.07. The highest BCUT2D eigenvalue weighted by molar-refractivity contribution is 14.1. The van der Waals surface area contributed by atoms with Gasteiger partial charge < -0.3 is 9.15 Å². The molecule has 0 bridgehead atoms. The Morgan fingerprint density at radius 1 is 1.64 bits per heavy atom. The predicted octanol–water partition coefficient (Wildman–Crippen LogP) is 1.56. The Labute approximate surface area is 77.5 Å². The van der Waals surface area contributed by atoms with Gasteiger partial charge in [0.15, 0.2) is 0 Å². The van der Waals surface area contributed by atoms with Gasteiger partial charge in [0.05, 0.1) is 7.11 Å². The average molecular weight is 266 g/mol. The van der Waals surface area contributed by atoms with Crippen LogP contribution in [-0.2, 0) is 0 Å². The molecule has 0 amide bonds. The Morgan fingerprint density at radius 2 is 2.27 bits per heavy atom. The van der Waals surface area contributed by atoms with E-state index >= 15 is 0 Å². The van der Waals surface area contributed by atoms with Gasteiger partial charge in [-0.15, -0.1) is 0 Å². The van der Waals surface area contributed by atoms with Crippen LogP contribution in [0.25, 0.3) is 0 Å². The summed E-state index contributed by atoms with van der Waals surface area (Å²) in [7, 11) is 1.52. The molecule has 0 saturated heterocycles. The van der Waals surface area contributed by atoms with Crippen molar-refractivity contribution in [2.24, 2.45) is 0 Å². The smallest absolute Gasteiger partial charge is 0.353 e. The van der Waals surface area contributed by atoms with Crippen LogP contribution in [0.15, 0.2) is 15.3 Å². The van der Waals surface area contributed by atoms with E-state index in [2.05, 4.69) is 0 Å². The zero-order chi connectivity index (χ0) is 8.43. The highest BCUT2D eigenvalue weighted by Crippen LogP contribution is 2.17. The van der Waals surface area contributed by atoms with Crippen LogP contribution in [-0.4, -0.2) is 7.11 Å². The third-order valence-corrected chi connectivity index (χ3v) is 2.18. The molecular formula is C7H7IO3. The summed E-state index contributed by atoms with van der Waals surface area (Å²) in [6, 6.07) is 1.68. The molecule has 1 aromatic rings. The van der Waals surface area contributed by atoms with Gasteiger partial charge in [-0.3, -0.25) is 0 Å². The van der Waals surface area contributed by atoms with Gasteiger partial charge >= 0.3 is 5.63 Å². The van der Waals surface area contributed by atoms with Crippen LogP contribution in [0.1, 0.15) is 5.76 Å². The molecule has 3 nitrogen and oxygen atoms in total. The molecule has 0 N–H and O–H groups in total. The van der Waals surface area contributed by atoms with Crippen molar-refractivity contribution in [1.29, 1.82) is 0 Å². The van der Waals surface area contributed by atoms with Crippen LogP contribution in [0.3, 0.4) is 0 Å². The zero-order valence-corrected chi connectivity index (χ0v) is 8.34. The normalized spacial score (nSPS) is 9.73. The number of methoxy groups -OCH3 is 1. The fourth-order valence-electron chi connectivity index (χ4n) is 0.718. The molecule has 0 aliphatic heterocycles. The summed E-state index contributed by atoms with van der Waals surface area (Å²) in [5, 5.41) is 0. The Morgan fingerprint density at radius 3 is 2.82 bits per heavy atom. The topological polar surface area (TPSA) is 39.4 Å². The Kier molecular flexibility index (Phi) is 2.53. The largest absolute Gasteiger partial charge is 0.495 e. The van der Waals surface area contributed by atoms with Crippen LogP contribution in [0.4, 0.5) is 0 Å². The third kappa shape index (κ3) is 1.74. The van der Waals surface area contributed by atoms with Gasteiger partial charge in [-0.05, 0) is 29.5 Å². The highest BCUT2D eigenvalue weighted by atomic mass is 127. The van der Waals surface area contributed by atoms with Crippen molar-refractivity contribution < 1.29 is 9.15 Å². The van der Waals surface area contributed by atoms with Crippen molar-refractivity contribution in [1.82, 2.24) is 0 Å². The quantitative estimate of drug-likeness (QED) is 0.724. The summed E-state index contributed by atoms with van der Waals surface area (Å²) >= 11 is 1.89. The SMILES string of the molecule is COc1cc(C)oc(=O)c1I. The molecule has 0 fully saturated rings. The van der Waals surface area contributed by atoms with Crippen LogP contribution >= 0.6 is 22.6 Å². The molecule has 0 saturated carbocycles. The van der Waals surface area contributed by atoms with Crippen molar-refractivity contribution in [2.45, 2.75) is 6.92 Å². The molecule has 11 heavy (non-hydrogen) atoms. The van der Waals surface area contributed by atoms with E-state index in [0.717, 1.165) is 0 Å². The van der Waals surface area contributed by atoms with Crippen molar-refractivity contribution in [2.75, 3.05) is 7.11 Å². The summed E-state index contributed by atoms with van der Waals surface area (Å²) in [5.74, 6) is 1.13. The minimum atomic E-state index is -0.345. The van der Waals surface area contributed by atoms with E-state index in [1.165, 1.54) is 7.11 Å². The fourth-order valence-corrected chi connectivity index (χ4v) is 1.20. The summed E-state index contributed by atoms with van der Waals surface area (Å²) in [5.41, 5.74) is -0.345. The lowest BCUT2D eigenvalue weighted by molar-refractivity contribution is 0.391. The Bertz CT molecular complexity index is 316. The van der Waals surface area contributed by atoms with E-state index in [1.54, 1.807) is 13.0 Å². The molecule has 0 unspecified atom stereocenters. The zero-order valence-electron chi connectivity index (χ0n) is 6.18. The van der Waals surface area contributed by atoms with Crippen LogP contribution in [0, 0.1) is 10.5 Å². The van der Waals surface area contributed by atoms with E-state index in [-0.39, 0.29) is 5.63 Å². The molecule has 4 heteroatoms. The van der Waals surface area contributed by atoms with Crippen LogP contribution < -0.4 is 10.4 Å². The second-order valence-electron chi connectivity index (χ2n) is 2.03. The fraction of sp³-hybridized carbons (Fsp3) is 0.286. The number of aryl methyl sites for hydroxylation is 1. The van der Waals surface area contributed by atoms with Gasteiger partial charge in [0.25, 0.3) is 0 Å². The molecule has 0 atom stereocenters. The van der Waals surface area contributed by atoms with E-state index in [1.807, 2.05) is 22.6 Å². The van der Waals surface area contributed by atoms with Gasteiger partial charge in [-0.25, -0.2) is 4.79 Å². The second-order valence-corrected chi connectivity index (χ2v) is 3.11. The molecule has 0 radical (unpaired) electrons. The first-order chi connectivity index (χ1) is 5.15. The van der Waals surface area contributed by atoms with Crippen molar-refractivity contribution in [3.05, 3.63) is 25.8 Å². The molecule has 0 aromatic carbocycles. The first kappa shape index (κ1) is 8.58. The summed E-state index contributed by atoms with van der Waals surface area (Å²) in [6.45, 7) is 1.71. The van der Waals surface area contributed by atoms with Crippen molar-refractivity contribution in [3.8, 4) is 5.75 Å². The molecule has 1 heterocycles. The summed E-state index contributed by atoms with van der Waals surface area (Å²) in [4.78, 5) is 11.0. The van der Waals surface area contributed by atoms with Crippen molar-refractivity contribution >= 4 is 22.6 Å². The highest BCUT2D eigenvalue weighted by Gasteiger charge is 2.05. The minimum absolute atomic E-state index is 0.345. The lowest BCUT2D eigenvalue weighted by Gasteiger charge is -2.00. The maximum absolute atomic E-state index is 11.0. The third-order valence-electron chi connectivity index (χ3n) is 1.20.